The van der Waals surface area contributed by atoms with E-state index in [2.05, 4.69) is 79.7 Å². The zero-order valence-electron chi connectivity index (χ0n) is 19.2. The van der Waals surface area contributed by atoms with E-state index in [9.17, 15) is 0 Å². The summed E-state index contributed by atoms with van der Waals surface area (Å²) in [4.78, 5) is 9.80. The Labute approximate surface area is 204 Å². The molecule has 34 heavy (non-hydrogen) atoms. The molecule has 0 bridgehead atoms. The predicted octanol–water partition coefficient (Wildman–Crippen LogP) is 7.32. The number of benzene rings is 3. The number of allylic oxidation sites excluding steroid dienone is 5. The first-order chi connectivity index (χ1) is 16.7. The number of aliphatic imine (C=N–C) groups is 1. The standard InChI is InChI=1S/C30H27N3S/c1-21-9-7-13-24(17-21)26(31)19-28(23-11-3-2-4-12-23)32-20-22-10-8-14-25(18-22)30-33-27-15-5-6-16-29(27)34-30/h2-16,18-19,21H,17,20,31H2,1H3. The summed E-state index contributed by atoms with van der Waals surface area (Å²) in [5.41, 5.74) is 13.7. The van der Waals surface area contributed by atoms with E-state index < -0.39 is 0 Å². The largest absolute Gasteiger partial charge is 0.398 e. The van der Waals surface area contributed by atoms with Gasteiger partial charge in [0, 0.05) is 11.3 Å². The van der Waals surface area contributed by atoms with Crippen LogP contribution in [0.25, 0.3) is 20.8 Å². The third kappa shape index (κ3) is 5.08. The van der Waals surface area contributed by atoms with Crippen LogP contribution in [0.2, 0.25) is 0 Å². The zero-order chi connectivity index (χ0) is 23.3. The topological polar surface area (TPSA) is 51.3 Å². The Balaban J connectivity index is 1.44. The molecule has 3 aromatic carbocycles. The second-order valence-electron chi connectivity index (χ2n) is 8.61. The molecule has 1 unspecified atom stereocenters. The summed E-state index contributed by atoms with van der Waals surface area (Å²) in [7, 11) is 0. The molecular formula is C30H27N3S. The first kappa shape index (κ1) is 22.1. The number of aromatic nitrogens is 1. The van der Waals surface area contributed by atoms with Crippen LogP contribution in [0.4, 0.5) is 0 Å². The Bertz CT molecular complexity index is 1390. The lowest BCUT2D eigenvalue weighted by molar-refractivity contribution is 0.710. The first-order valence-electron chi connectivity index (χ1n) is 11.6. The smallest absolute Gasteiger partial charge is 0.124 e. The molecule has 2 N–H and O–H groups in total. The summed E-state index contributed by atoms with van der Waals surface area (Å²) >= 11 is 1.72. The van der Waals surface area contributed by atoms with Crippen LogP contribution in [0.15, 0.2) is 119 Å². The number of fused-ring (bicyclic) bond motifs is 1. The average molecular weight is 462 g/mol. The van der Waals surface area contributed by atoms with E-state index in [-0.39, 0.29) is 0 Å². The maximum Gasteiger partial charge on any atom is 0.124 e. The summed E-state index contributed by atoms with van der Waals surface area (Å²) in [6, 6.07) is 27.0. The van der Waals surface area contributed by atoms with E-state index in [1.807, 2.05) is 30.3 Å². The van der Waals surface area contributed by atoms with E-state index in [0.29, 0.717) is 12.5 Å². The average Bonchev–Trinajstić information content (AvgIpc) is 3.32. The quantitative estimate of drug-likeness (QED) is 0.306. The van der Waals surface area contributed by atoms with E-state index in [1.54, 1.807) is 11.3 Å². The van der Waals surface area contributed by atoms with Gasteiger partial charge in [0.1, 0.15) is 5.01 Å². The molecule has 0 saturated carbocycles. The highest BCUT2D eigenvalue weighted by Crippen LogP contribution is 2.30. The Morgan fingerprint density at radius 2 is 1.88 bits per heavy atom. The third-order valence-electron chi connectivity index (χ3n) is 5.91. The number of hydrogen-bond donors (Lipinski definition) is 1. The minimum Gasteiger partial charge on any atom is -0.398 e. The molecule has 1 aromatic heterocycles. The maximum atomic E-state index is 6.53. The van der Waals surface area contributed by atoms with Crippen molar-refractivity contribution in [1.29, 1.82) is 0 Å². The molecule has 1 atom stereocenters. The van der Waals surface area contributed by atoms with Crippen molar-refractivity contribution in [2.24, 2.45) is 16.6 Å². The van der Waals surface area contributed by atoms with Gasteiger partial charge in [0.25, 0.3) is 0 Å². The fraction of sp³-hybridized carbons (Fsp3) is 0.133. The van der Waals surface area contributed by atoms with E-state index in [0.717, 1.165) is 50.6 Å². The minimum absolute atomic E-state index is 0.495. The normalized spacial score (nSPS) is 16.6. The van der Waals surface area contributed by atoms with Crippen LogP contribution in [0.1, 0.15) is 24.5 Å². The zero-order valence-corrected chi connectivity index (χ0v) is 20.0. The second-order valence-corrected chi connectivity index (χ2v) is 9.64. The molecule has 3 nitrogen and oxygen atoms in total. The minimum atomic E-state index is 0.495. The molecule has 1 aliphatic carbocycles. The van der Waals surface area contributed by atoms with Crippen molar-refractivity contribution in [1.82, 2.24) is 4.98 Å². The Morgan fingerprint density at radius 3 is 2.71 bits per heavy atom. The molecule has 0 saturated heterocycles. The van der Waals surface area contributed by atoms with Crippen molar-refractivity contribution in [3.05, 3.63) is 126 Å². The highest BCUT2D eigenvalue weighted by molar-refractivity contribution is 7.21. The molecule has 1 heterocycles. The molecule has 0 amide bonds. The van der Waals surface area contributed by atoms with Crippen LogP contribution in [0.5, 0.6) is 0 Å². The van der Waals surface area contributed by atoms with E-state index >= 15 is 0 Å². The Kier molecular flexibility index (Phi) is 6.50. The van der Waals surface area contributed by atoms with Crippen molar-refractivity contribution in [3.8, 4) is 10.6 Å². The number of hydrogen-bond acceptors (Lipinski definition) is 4. The van der Waals surface area contributed by atoms with Crippen molar-refractivity contribution in [2.45, 2.75) is 19.9 Å². The number of thiazole rings is 1. The lowest BCUT2D eigenvalue weighted by Gasteiger charge is -2.15. The number of nitrogens with zero attached hydrogens (tertiary/aromatic N) is 2. The highest BCUT2D eigenvalue weighted by Gasteiger charge is 2.11. The molecule has 0 fully saturated rings. The summed E-state index contributed by atoms with van der Waals surface area (Å²) in [6.45, 7) is 2.78. The molecule has 0 spiro atoms. The summed E-state index contributed by atoms with van der Waals surface area (Å²) in [6.07, 6.45) is 9.38. The fourth-order valence-electron chi connectivity index (χ4n) is 4.10. The Hall–Kier alpha value is -3.76. The van der Waals surface area contributed by atoms with E-state index in [4.69, 9.17) is 15.7 Å². The molecule has 4 heteroatoms. The van der Waals surface area contributed by atoms with Gasteiger partial charge in [-0.05, 0) is 53.3 Å². The van der Waals surface area contributed by atoms with E-state index in [1.165, 1.54) is 4.70 Å². The molecule has 0 radical (unpaired) electrons. The van der Waals surface area contributed by atoms with Crippen LogP contribution in [-0.2, 0) is 6.54 Å². The molecule has 168 valence electrons. The van der Waals surface area contributed by atoms with Crippen molar-refractivity contribution in [3.63, 3.8) is 0 Å². The molecule has 4 aromatic rings. The third-order valence-corrected chi connectivity index (χ3v) is 7.00. The lowest BCUT2D eigenvalue weighted by Crippen LogP contribution is -2.10. The predicted molar refractivity (Wildman–Crippen MR) is 145 cm³/mol. The molecule has 1 aliphatic rings. The van der Waals surface area contributed by atoms with Crippen LogP contribution in [0.3, 0.4) is 0 Å². The van der Waals surface area contributed by atoms with Gasteiger partial charge in [-0.3, -0.25) is 4.99 Å². The number of rotatable bonds is 6. The molecule has 5 rings (SSSR count). The maximum absolute atomic E-state index is 6.53. The number of para-hydroxylation sites is 1. The monoisotopic (exact) mass is 461 g/mol. The van der Waals surface area contributed by atoms with Crippen LogP contribution < -0.4 is 5.73 Å². The SMILES string of the molecule is CC1C=CC=C(C(N)=CC(=NCc2cccc(-c3nc4ccccc4s3)c2)c2ccccc2)C1. The van der Waals surface area contributed by atoms with Crippen LogP contribution in [-0.4, -0.2) is 10.7 Å². The fourth-order valence-corrected chi connectivity index (χ4v) is 5.06. The van der Waals surface area contributed by atoms with Crippen molar-refractivity contribution < 1.29 is 0 Å². The van der Waals surface area contributed by atoms with Gasteiger partial charge >= 0.3 is 0 Å². The Morgan fingerprint density at radius 1 is 1.06 bits per heavy atom. The number of nitrogens with two attached hydrogens (primary N) is 1. The van der Waals surface area contributed by atoms with Gasteiger partial charge in [-0.15, -0.1) is 11.3 Å². The second kappa shape index (κ2) is 10.0. The van der Waals surface area contributed by atoms with Gasteiger partial charge in [0.2, 0.25) is 0 Å². The lowest BCUT2D eigenvalue weighted by atomic mass is 9.93. The molecular weight excluding hydrogens is 434 g/mol. The van der Waals surface area contributed by atoms with Crippen LogP contribution in [0, 0.1) is 5.92 Å². The van der Waals surface area contributed by atoms with Crippen molar-refractivity contribution >= 4 is 27.3 Å². The van der Waals surface area contributed by atoms with Gasteiger partial charge in [0.15, 0.2) is 0 Å². The van der Waals surface area contributed by atoms with Crippen LogP contribution >= 0.6 is 11.3 Å². The van der Waals surface area contributed by atoms with Gasteiger partial charge in [0.05, 0.1) is 22.5 Å². The summed E-state index contributed by atoms with van der Waals surface area (Å²) < 4.78 is 1.20. The molecule has 0 aliphatic heterocycles. The first-order valence-corrected chi connectivity index (χ1v) is 12.4. The highest BCUT2D eigenvalue weighted by atomic mass is 32.1. The van der Waals surface area contributed by atoms with Gasteiger partial charge < -0.3 is 5.73 Å². The summed E-state index contributed by atoms with van der Waals surface area (Å²) in [5.74, 6) is 0.495. The van der Waals surface area contributed by atoms with Gasteiger partial charge in [-0.25, -0.2) is 4.98 Å². The summed E-state index contributed by atoms with van der Waals surface area (Å²) in [5, 5.41) is 1.03. The van der Waals surface area contributed by atoms with Crippen molar-refractivity contribution in [2.75, 3.05) is 0 Å². The van der Waals surface area contributed by atoms with Gasteiger partial charge in [-0.2, -0.15) is 0 Å². The van der Waals surface area contributed by atoms with Gasteiger partial charge in [-0.1, -0.05) is 85.8 Å².